The SMILES string of the molecule is Cc1ccc(OCC(=O)N[C@@H](C)COc2ccccc2C)c(C)c1. The van der Waals surface area contributed by atoms with E-state index in [1.807, 2.05) is 70.2 Å². The molecule has 0 saturated heterocycles. The van der Waals surface area contributed by atoms with Gasteiger partial charge in [-0.2, -0.15) is 0 Å². The van der Waals surface area contributed by atoms with Gasteiger partial charge in [0.2, 0.25) is 0 Å². The lowest BCUT2D eigenvalue weighted by Gasteiger charge is -2.16. The lowest BCUT2D eigenvalue weighted by Crippen LogP contribution is -2.39. The fraction of sp³-hybridized carbons (Fsp3) is 0.350. The van der Waals surface area contributed by atoms with Gasteiger partial charge in [-0.1, -0.05) is 35.9 Å². The van der Waals surface area contributed by atoms with E-state index in [-0.39, 0.29) is 18.6 Å². The van der Waals surface area contributed by atoms with E-state index in [1.165, 1.54) is 5.56 Å². The van der Waals surface area contributed by atoms with Gasteiger partial charge in [0.1, 0.15) is 18.1 Å². The van der Waals surface area contributed by atoms with Crippen molar-refractivity contribution in [1.29, 1.82) is 0 Å². The molecule has 0 aliphatic rings. The van der Waals surface area contributed by atoms with Gasteiger partial charge >= 0.3 is 0 Å². The monoisotopic (exact) mass is 327 g/mol. The number of rotatable bonds is 7. The molecule has 0 aliphatic heterocycles. The van der Waals surface area contributed by atoms with E-state index in [9.17, 15) is 4.79 Å². The van der Waals surface area contributed by atoms with Gasteiger partial charge in [-0.25, -0.2) is 0 Å². The molecule has 0 fully saturated rings. The number of amides is 1. The highest BCUT2D eigenvalue weighted by atomic mass is 16.5. The highest BCUT2D eigenvalue weighted by Crippen LogP contribution is 2.18. The lowest BCUT2D eigenvalue weighted by atomic mass is 10.1. The molecule has 128 valence electrons. The fourth-order valence-electron chi connectivity index (χ4n) is 2.40. The molecule has 0 spiro atoms. The molecular formula is C20H25NO3. The minimum absolute atomic E-state index is 0.00138. The number of hydrogen-bond acceptors (Lipinski definition) is 3. The third kappa shape index (κ3) is 5.30. The van der Waals surface area contributed by atoms with Crippen LogP contribution in [0.3, 0.4) is 0 Å². The Morgan fingerprint density at radius 2 is 1.71 bits per heavy atom. The van der Waals surface area contributed by atoms with Crippen molar-refractivity contribution in [2.45, 2.75) is 33.7 Å². The summed E-state index contributed by atoms with van der Waals surface area (Å²) in [4.78, 5) is 12.0. The number of nitrogens with one attached hydrogen (secondary N) is 1. The maximum absolute atomic E-state index is 12.0. The number of aryl methyl sites for hydroxylation is 3. The highest BCUT2D eigenvalue weighted by Gasteiger charge is 2.10. The zero-order valence-corrected chi connectivity index (χ0v) is 14.8. The van der Waals surface area contributed by atoms with Crippen LogP contribution in [0.1, 0.15) is 23.6 Å². The number of hydrogen-bond donors (Lipinski definition) is 1. The normalized spacial score (nSPS) is 11.7. The van der Waals surface area contributed by atoms with Gasteiger partial charge in [-0.3, -0.25) is 4.79 Å². The van der Waals surface area contributed by atoms with E-state index in [4.69, 9.17) is 9.47 Å². The summed E-state index contributed by atoms with van der Waals surface area (Å²) in [6.45, 7) is 8.32. The molecule has 2 rings (SSSR count). The van der Waals surface area contributed by atoms with Gasteiger partial charge in [0.15, 0.2) is 6.61 Å². The first kappa shape index (κ1) is 17.9. The maximum atomic E-state index is 12.0. The zero-order valence-electron chi connectivity index (χ0n) is 14.8. The van der Waals surface area contributed by atoms with Crippen LogP contribution in [0.15, 0.2) is 42.5 Å². The van der Waals surface area contributed by atoms with Crippen LogP contribution in [0.4, 0.5) is 0 Å². The second kappa shape index (κ2) is 8.39. The third-order valence-corrected chi connectivity index (χ3v) is 3.68. The molecular weight excluding hydrogens is 302 g/mol. The van der Waals surface area contributed by atoms with Gasteiger partial charge in [-0.05, 0) is 51.0 Å². The van der Waals surface area contributed by atoms with Crippen molar-refractivity contribution >= 4 is 5.91 Å². The summed E-state index contributed by atoms with van der Waals surface area (Å²) in [6.07, 6.45) is 0. The third-order valence-electron chi connectivity index (χ3n) is 3.68. The second-order valence-electron chi connectivity index (χ2n) is 6.10. The molecule has 4 heteroatoms. The molecule has 4 nitrogen and oxygen atoms in total. The molecule has 1 amide bonds. The molecule has 0 aromatic heterocycles. The molecule has 2 aromatic rings. The van der Waals surface area contributed by atoms with Crippen LogP contribution in [0.2, 0.25) is 0 Å². The topological polar surface area (TPSA) is 47.6 Å². The minimum atomic E-state index is -0.157. The van der Waals surface area contributed by atoms with Gasteiger partial charge < -0.3 is 14.8 Å². The molecule has 1 atom stereocenters. The standard InChI is InChI=1S/C20H25NO3/c1-14-9-10-19(16(3)11-14)24-13-20(22)21-17(4)12-23-18-8-6-5-7-15(18)2/h5-11,17H,12-13H2,1-4H3,(H,21,22)/t17-/m0/s1. The summed E-state index contributed by atoms with van der Waals surface area (Å²) >= 11 is 0. The Labute approximate surface area is 143 Å². The Morgan fingerprint density at radius 3 is 2.42 bits per heavy atom. The minimum Gasteiger partial charge on any atom is -0.491 e. The van der Waals surface area contributed by atoms with E-state index >= 15 is 0 Å². The molecule has 2 aromatic carbocycles. The molecule has 0 saturated carbocycles. The average molecular weight is 327 g/mol. The Morgan fingerprint density at radius 1 is 1.00 bits per heavy atom. The number of carbonyl (C=O) groups excluding carboxylic acids is 1. The predicted molar refractivity (Wildman–Crippen MR) is 95.7 cm³/mol. The fourth-order valence-corrected chi connectivity index (χ4v) is 2.40. The van der Waals surface area contributed by atoms with Crippen molar-refractivity contribution in [3.63, 3.8) is 0 Å². The van der Waals surface area contributed by atoms with Crippen molar-refractivity contribution in [3.8, 4) is 11.5 Å². The summed E-state index contributed by atoms with van der Waals surface area (Å²) in [6, 6.07) is 13.6. The zero-order chi connectivity index (χ0) is 17.5. The van der Waals surface area contributed by atoms with Crippen LogP contribution in [-0.2, 0) is 4.79 Å². The van der Waals surface area contributed by atoms with Crippen LogP contribution in [0.25, 0.3) is 0 Å². The van der Waals surface area contributed by atoms with E-state index in [2.05, 4.69) is 5.32 Å². The first-order chi connectivity index (χ1) is 11.5. The lowest BCUT2D eigenvalue weighted by molar-refractivity contribution is -0.123. The summed E-state index contributed by atoms with van der Waals surface area (Å²) in [5.41, 5.74) is 3.28. The quantitative estimate of drug-likeness (QED) is 0.845. The Hall–Kier alpha value is -2.49. The first-order valence-corrected chi connectivity index (χ1v) is 8.13. The number of ether oxygens (including phenoxy) is 2. The second-order valence-corrected chi connectivity index (χ2v) is 6.10. The summed E-state index contributed by atoms with van der Waals surface area (Å²) < 4.78 is 11.3. The van der Waals surface area contributed by atoms with Crippen LogP contribution in [0, 0.1) is 20.8 Å². The summed E-state index contributed by atoms with van der Waals surface area (Å²) in [5.74, 6) is 1.42. The average Bonchev–Trinajstić information content (AvgIpc) is 2.53. The van der Waals surface area contributed by atoms with Crippen LogP contribution >= 0.6 is 0 Å². The molecule has 0 heterocycles. The molecule has 0 radical (unpaired) electrons. The van der Waals surface area contributed by atoms with Gasteiger partial charge in [0.25, 0.3) is 5.91 Å². The largest absolute Gasteiger partial charge is 0.491 e. The first-order valence-electron chi connectivity index (χ1n) is 8.13. The Kier molecular flexibility index (Phi) is 6.24. The molecule has 24 heavy (non-hydrogen) atoms. The van der Waals surface area contributed by atoms with E-state index in [1.54, 1.807) is 0 Å². The molecule has 0 aliphatic carbocycles. The Balaban J connectivity index is 1.76. The smallest absolute Gasteiger partial charge is 0.258 e. The van der Waals surface area contributed by atoms with Crippen molar-refractivity contribution < 1.29 is 14.3 Å². The van der Waals surface area contributed by atoms with Crippen LogP contribution in [0.5, 0.6) is 11.5 Å². The summed E-state index contributed by atoms with van der Waals surface area (Å²) in [5, 5.41) is 2.88. The van der Waals surface area contributed by atoms with Gasteiger partial charge in [0, 0.05) is 0 Å². The molecule has 0 unspecified atom stereocenters. The molecule has 1 N–H and O–H groups in total. The van der Waals surface area contributed by atoms with Crippen molar-refractivity contribution in [2.24, 2.45) is 0 Å². The van der Waals surface area contributed by atoms with Crippen LogP contribution in [-0.4, -0.2) is 25.2 Å². The summed E-state index contributed by atoms with van der Waals surface area (Å²) in [7, 11) is 0. The van der Waals surface area contributed by atoms with Gasteiger partial charge in [-0.15, -0.1) is 0 Å². The van der Waals surface area contributed by atoms with E-state index in [0.29, 0.717) is 6.61 Å². The van der Waals surface area contributed by atoms with Crippen molar-refractivity contribution in [3.05, 3.63) is 59.2 Å². The number of para-hydroxylation sites is 1. The highest BCUT2D eigenvalue weighted by molar-refractivity contribution is 5.77. The van der Waals surface area contributed by atoms with Crippen molar-refractivity contribution in [2.75, 3.05) is 13.2 Å². The number of carbonyl (C=O) groups is 1. The Bertz CT molecular complexity index is 697. The van der Waals surface area contributed by atoms with E-state index < -0.39 is 0 Å². The van der Waals surface area contributed by atoms with Crippen molar-refractivity contribution in [1.82, 2.24) is 5.32 Å². The predicted octanol–water partition coefficient (Wildman–Crippen LogP) is 3.57. The van der Waals surface area contributed by atoms with Gasteiger partial charge in [0.05, 0.1) is 6.04 Å². The molecule has 0 bridgehead atoms. The number of benzene rings is 2. The maximum Gasteiger partial charge on any atom is 0.258 e. The van der Waals surface area contributed by atoms with Crippen LogP contribution < -0.4 is 14.8 Å². The van der Waals surface area contributed by atoms with E-state index in [0.717, 1.165) is 22.6 Å².